The first-order chi connectivity index (χ1) is 9.24. The van der Waals surface area contributed by atoms with Crippen molar-refractivity contribution in [3.05, 3.63) is 17.8 Å². The average Bonchev–Trinajstić information content (AvgIpc) is 2.47. The first-order valence-electron chi connectivity index (χ1n) is 7.16. The molecule has 1 aliphatic rings. The van der Waals surface area contributed by atoms with Crippen LogP contribution in [-0.4, -0.2) is 11.0 Å². The molecule has 0 amide bonds. The van der Waals surface area contributed by atoms with E-state index in [0.29, 0.717) is 17.3 Å². The summed E-state index contributed by atoms with van der Waals surface area (Å²) < 4.78 is 0. The topological polar surface area (TPSA) is 74.7 Å². The summed E-state index contributed by atoms with van der Waals surface area (Å²) in [4.78, 5) is 4.27. The van der Waals surface area contributed by atoms with Gasteiger partial charge >= 0.3 is 0 Å². The minimum Gasteiger partial charge on any atom is -0.396 e. The summed E-state index contributed by atoms with van der Waals surface area (Å²) in [5.74, 6) is 1.44. The van der Waals surface area contributed by atoms with Gasteiger partial charge in [-0.25, -0.2) is 4.98 Å². The van der Waals surface area contributed by atoms with E-state index in [1.807, 2.05) is 0 Å². The van der Waals surface area contributed by atoms with E-state index in [4.69, 9.17) is 11.0 Å². The molecule has 4 nitrogen and oxygen atoms in total. The number of pyridine rings is 1. The molecule has 0 spiro atoms. The quantitative estimate of drug-likeness (QED) is 0.868. The summed E-state index contributed by atoms with van der Waals surface area (Å²) in [7, 11) is 0. The summed E-state index contributed by atoms with van der Waals surface area (Å²) in [6.45, 7) is 2.20. The van der Waals surface area contributed by atoms with Gasteiger partial charge in [-0.1, -0.05) is 26.2 Å². The largest absolute Gasteiger partial charge is 0.396 e. The number of aromatic nitrogens is 1. The zero-order valence-corrected chi connectivity index (χ0v) is 11.5. The lowest BCUT2D eigenvalue weighted by Gasteiger charge is -2.30. The smallest absolute Gasteiger partial charge is 0.149 e. The number of nitriles is 1. The number of nitrogens with zero attached hydrogens (tertiary/aromatic N) is 2. The summed E-state index contributed by atoms with van der Waals surface area (Å²) in [6.07, 6.45) is 9.27. The van der Waals surface area contributed by atoms with Gasteiger partial charge in [0.05, 0.1) is 11.3 Å². The molecule has 3 N–H and O–H groups in total. The highest BCUT2D eigenvalue weighted by molar-refractivity contribution is 5.63. The maximum Gasteiger partial charge on any atom is 0.149 e. The molecule has 19 heavy (non-hydrogen) atoms. The molecule has 1 aromatic heterocycles. The van der Waals surface area contributed by atoms with Crippen LogP contribution in [0.4, 0.5) is 11.5 Å². The Morgan fingerprint density at radius 2 is 2.21 bits per heavy atom. The molecule has 0 aliphatic heterocycles. The van der Waals surface area contributed by atoms with E-state index in [-0.39, 0.29) is 0 Å². The standard InChI is InChI=1S/C15H22N4/c1-2-14(12-6-4-3-5-7-12)19-15-13(17)8-11(9-16)10-18-15/h8,10,12,14H,2-7,17H2,1H3,(H,18,19). The lowest BCUT2D eigenvalue weighted by atomic mass is 9.83. The summed E-state index contributed by atoms with van der Waals surface area (Å²) in [5, 5.41) is 12.3. The SMILES string of the molecule is CCC(Nc1ncc(C#N)cc1N)C1CCCCC1. The number of nitrogen functional groups attached to an aromatic ring is 1. The maximum atomic E-state index is 8.82. The molecule has 1 atom stereocenters. The summed E-state index contributed by atoms with van der Waals surface area (Å²) in [5.41, 5.74) is 7.02. The number of nitrogens with one attached hydrogen (secondary N) is 1. The monoisotopic (exact) mass is 258 g/mol. The van der Waals surface area contributed by atoms with Crippen LogP contribution >= 0.6 is 0 Å². The van der Waals surface area contributed by atoms with Crippen molar-refractivity contribution < 1.29 is 0 Å². The van der Waals surface area contributed by atoms with Crippen LogP contribution in [0, 0.1) is 17.2 Å². The fourth-order valence-electron chi connectivity index (χ4n) is 2.93. The van der Waals surface area contributed by atoms with Gasteiger partial charge in [0.25, 0.3) is 0 Å². The Labute approximate surface area is 115 Å². The molecule has 1 aliphatic carbocycles. The zero-order chi connectivity index (χ0) is 13.7. The van der Waals surface area contributed by atoms with E-state index in [9.17, 15) is 0 Å². The second kappa shape index (κ2) is 6.42. The van der Waals surface area contributed by atoms with Crippen LogP contribution in [0.5, 0.6) is 0 Å². The number of hydrogen-bond acceptors (Lipinski definition) is 4. The van der Waals surface area contributed by atoms with E-state index in [1.165, 1.54) is 32.1 Å². The number of hydrogen-bond donors (Lipinski definition) is 2. The number of nitrogens with two attached hydrogens (primary N) is 1. The van der Waals surface area contributed by atoms with Crippen molar-refractivity contribution in [3.63, 3.8) is 0 Å². The predicted octanol–water partition coefficient (Wildman–Crippen LogP) is 3.31. The van der Waals surface area contributed by atoms with Crippen LogP contribution in [0.3, 0.4) is 0 Å². The van der Waals surface area contributed by atoms with Crippen molar-refractivity contribution in [3.8, 4) is 6.07 Å². The third-order valence-electron chi connectivity index (χ3n) is 4.03. The van der Waals surface area contributed by atoms with Gasteiger partial charge in [-0.3, -0.25) is 0 Å². The van der Waals surface area contributed by atoms with Gasteiger partial charge in [0.1, 0.15) is 11.9 Å². The van der Waals surface area contributed by atoms with Gasteiger partial charge in [0.15, 0.2) is 0 Å². The Hall–Kier alpha value is -1.76. The third kappa shape index (κ3) is 3.37. The van der Waals surface area contributed by atoms with Gasteiger partial charge in [0.2, 0.25) is 0 Å². The van der Waals surface area contributed by atoms with Gasteiger partial charge < -0.3 is 11.1 Å². The Kier molecular flexibility index (Phi) is 4.62. The molecule has 0 radical (unpaired) electrons. The van der Waals surface area contributed by atoms with Crippen LogP contribution in [-0.2, 0) is 0 Å². The lowest BCUT2D eigenvalue weighted by Crippen LogP contribution is -2.30. The van der Waals surface area contributed by atoms with E-state index in [2.05, 4.69) is 23.3 Å². The summed E-state index contributed by atoms with van der Waals surface area (Å²) in [6, 6.07) is 4.17. The van der Waals surface area contributed by atoms with E-state index >= 15 is 0 Å². The molecule has 4 heteroatoms. The van der Waals surface area contributed by atoms with Crippen molar-refractivity contribution >= 4 is 11.5 Å². The molecular weight excluding hydrogens is 236 g/mol. The minimum absolute atomic E-state index is 0.433. The van der Waals surface area contributed by atoms with Crippen molar-refractivity contribution in [2.24, 2.45) is 5.92 Å². The van der Waals surface area contributed by atoms with Gasteiger partial charge in [-0.15, -0.1) is 0 Å². The van der Waals surface area contributed by atoms with Crippen molar-refractivity contribution in [2.75, 3.05) is 11.1 Å². The number of rotatable bonds is 4. The zero-order valence-electron chi connectivity index (χ0n) is 11.5. The van der Waals surface area contributed by atoms with E-state index in [1.54, 1.807) is 12.3 Å². The molecule has 0 bridgehead atoms. The molecule has 1 unspecified atom stereocenters. The first-order valence-corrected chi connectivity index (χ1v) is 7.16. The second-order valence-corrected chi connectivity index (χ2v) is 5.33. The molecule has 1 heterocycles. The highest BCUT2D eigenvalue weighted by Crippen LogP contribution is 2.30. The van der Waals surface area contributed by atoms with Gasteiger partial charge in [-0.05, 0) is 31.2 Å². The Balaban J connectivity index is 2.07. The molecule has 1 saturated carbocycles. The highest BCUT2D eigenvalue weighted by Gasteiger charge is 2.22. The Bertz CT molecular complexity index is 458. The Morgan fingerprint density at radius 1 is 1.47 bits per heavy atom. The van der Waals surface area contributed by atoms with E-state index < -0.39 is 0 Å². The Morgan fingerprint density at radius 3 is 2.79 bits per heavy atom. The van der Waals surface area contributed by atoms with Gasteiger partial charge in [0, 0.05) is 12.2 Å². The predicted molar refractivity (Wildman–Crippen MR) is 77.6 cm³/mol. The second-order valence-electron chi connectivity index (χ2n) is 5.33. The highest BCUT2D eigenvalue weighted by atomic mass is 15.0. The minimum atomic E-state index is 0.433. The molecule has 1 aromatic rings. The molecule has 0 aromatic carbocycles. The van der Waals surface area contributed by atoms with Crippen LogP contribution in [0.15, 0.2) is 12.3 Å². The molecule has 1 fully saturated rings. The molecule has 2 rings (SSSR count). The van der Waals surface area contributed by atoms with Crippen molar-refractivity contribution in [2.45, 2.75) is 51.5 Å². The van der Waals surface area contributed by atoms with Crippen molar-refractivity contribution in [1.29, 1.82) is 5.26 Å². The van der Waals surface area contributed by atoms with Crippen molar-refractivity contribution in [1.82, 2.24) is 4.98 Å². The lowest BCUT2D eigenvalue weighted by molar-refractivity contribution is 0.312. The maximum absolute atomic E-state index is 8.82. The van der Waals surface area contributed by atoms with Crippen LogP contribution in [0.25, 0.3) is 0 Å². The van der Waals surface area contributed by atoms with E-state index in [0.717, 1.165) is 18.2 Å². The van der Waals surface area contributed by atoms with Gasteiger partial charge in [-0.2, -0.15) is 5.26 Å². The fourth-order valence-corrected chi connectivity index (χ4v) is 2.93. The third-order valence-corrected chi connectivity index (χ3v) is 4.03. The van der Waals surface area contributed by atoms with Crippen LogP contribution < -0.4 is 11.1 Å². The normalized spacial score (nSPS) is 17.7. The number of anilines is 2. The first kappa shape index (κ1) is 13.7. The van der Waals surface area contributed by atoms with Crippen LogP contribution in [0.1, 0.15) is 51.0 Å². The van der Waals surface area contributed by atoms with Crippen LogP contribution in [0.2, 0.25) is 0 Å². The average molecular weight is 258 g/mol. The fraction of sp³-hybridized carbons (Fsp3) is 0.600. The molecule has 102 valence electrons. The molecular formula is C15H22N4. The summed E-state index contributed by atoms with van der Waals surface area (Å²) >= 11 is 0. The molecule has 0 saturated heterocycles.